The van der Waals surface area contributed by atoms with Crippen molar-refractivity contribution in [1.29, 1.82) is 0 Å². The molecule has 3 aliphatic rings. The zero-order chi connectivity index (χ0) is 28.4. The molecule has 8 rings (SSSR count). The quantitative estimate of drug-likeness (QED) is 0.235. The molecule has 0 unspecified atom stereocenters. The minimum absolute atomic E-state index is 0.0220. The van der Waals surface area contributed by atoms with Crippen LogP contribution in [-0.4, -0.2) is 18.4 Å². The number of benzene rings is 4. The molecule has 5 nitrogen and oxygen atoms in total. The highest BCUT2D eigenvalue weighted by Crippen LogP contribution is 2.37. The lowest BCUT2D eigenvalue weighted by Gasteiger charge is -2.33. The molecule has 0 spiro atoms. The molecule has 3 aliphatic heterocycles. The van der Waals surface area contributed by atoms with E-state index in [1.165, 1.54) is 11.3 Å². The Labute approximate surface area is 246 Å². The number of pyridine rings is 1. The first kappa shape index (κ1) is 24.8. The van der Waals surface area contributed by atoms with E-state index in [0.29, 0.717) is 0 Å². The lowest BCUT2D eigenvalue weighted by molar-refractivity contribution is 0.464. The first-order valence-electron chi connectivity index (χ1n) is 14.4. The van der Waals surface area contributed by atoms with Crippen LogP contribution in [0.25, 0.3) is 11.3 Å². The molecule has 0 fully saturated rings. The summed E-state index contributed by atoms with van der Waals surface area (Å²) < 4.78 is 12.9. The van der Waals surface area contributed by atoms with E-state index in [4.69, 9.17) is 14.5 Å². The Morgan fingerprint density at radius 1 is 0.667 bits per heavy atom. The number of anilines is 2. The van der Waals surface area contributed by atoms with Crippen molar-refractivity contribution in [2.24, 2.45) is 0 Å². The molecule has 0 N–H and O–H groups in total. The van der Waals surface area contributed by atoms with Crippen molar-refractivity contribution >= 4 is 34.5 Å². The van der Waals surface area contributed by atoms with Crippen LogP contribution >= 0.6 is 0 Å². The minimum Gasteiger partial charge on any atom is -0.458 e. The molecule has 5 aromatic rings. The van der Waals surface area contributed by atoms with Gasteiger partial charge in [-0.2, -0.15) is 0 Å². The van der Waals surface area contributed by atoms with Gasteiger partial charge in [0.15, 0.2) is 0 Å². The molecule has 0 radical (unpaired) electrons. The Morgan fingerprint density at radius 3 is 2.10 bits per heavy atom. The first-order valence-corrected chi connectivity index (χ1v) is 14.4. The molecule has 0 atom stereocenters. The van der Waals surface area contributed by atoms with Crippen LogP contribution in [0.4, 0.5) is 11.4 Å². The highest BCUT2D eigenvalue weighted by atomic mass is 16.5. The summed E-state index contributed by atoms with van der Waals surface area (Å²) in [4.78, 5) is 9.28. The number of aromatic nitrogens is 1. The van der Waals surface area contributed by atoms with Gasteiger partial charge in [0.25, 0.3) is 6.71 Å². The van der Waals surface area contributed by atoms with Crippen LogP contribution in [0, 0.1) is 0 Å². The Bertz CT molecular complexity index is 1870. The Kier molecular flexibility index (Phi) is 5.48. The third-order valence-electron chi connectivity index (χ3n) is 8.45. The van der Waals surface area contributed by atoms with E-state index < -0.39 is 0 Å². The fourth-order valence-electron chi connectivity index (χ4n) is 6.19. The second-order valence-electron chi connectivity index (χ2n) is 12.2. The van der Waals surface area contributed by atoms with E-state index in [9.17, 15) is 0 Å². The highest BCUT2D eigenvalue weighted by Gasteiger charge is 2.40. The number of hydrogen-bond acceptors (Lipinski definition) is 5. The summed E-state index contributed by atoms with van der Waals surface area (Å²) in [5.41, 5.74) is 8.98. The van der Waals surface area contributed by atoms with Crippen LogP contribution in [0.15, 0.2) is 116 Å². The van der Waals surface area contributed by atoms with E-state index in [-0.39, 0.29) is 12.1 Å². The molecule has 4 aromatic carbocycles. The molecule has 0 saturated heterocycles. The molecule has 42 heavy (non-hydrogen) atoms. The van der Waals surface area contributed by atoms with Crippen LogP contribution in [0.1, 0.15) is 26.3 Å². The van der Waals surface area contributed by atoms with Crippen molar-refractivity contribution in [2.45, 2.75) is 26.2 Å². The average molecular weight is 547 g/mol. The summed E-state index contributed by atoms with van der Waals surface area (Å²) in [6, 6.07) is 33.8. The maximum atomic E-state index is 6.48. The van der Waals surface area contributed by atoms with Gasteiger partial charge in [-0.25, -0.2) is 0 Å². The fraction of sp³-hybridized carbons (Fsp3) is 0.139. The predicted molar refractivity (Wildman–Crippen MR) is 171 cm³/mol. The van der Waals surface area contributed by atoms with Crippen molar-refractivity contribution < 1.29 is 9.47 Å². The van der Waals surface area contributed by atoms with Crippen LogP contribution < -0.4 is 35.7 Å². The van der Waals surface area contributed by atoms with Gasteiger partial charge < -0.3 is 19.3 Å². The van der Waals surface area contributed by atoms with Crippen molar-refractivity contribution in [1.82, 2.24) is 4.98 Å². The van der Waals surface area contributed by atoms with Crippen molar-refractivity contribution in [3.63, 3.8) is 0 Å². The van der Waals surface area contributed by atoms with Gasteiger partial charge in [0.2, 0.25) is 0 Å². The molecule has 6 heteroatoms. The van der Waals surface area contributed by atoms with E-state index in [1.807, 2.05) is 30.5 Å². The Morgan fingerprint density at radius 2 is 1.36 bits per heavy atom. The summed E-state index contributed by atoms with van der Waals surface area (Å²) in [6.45, 7) is 7.42. The standard InChI is InChI=1S/C36H30BN3O2/c1-36(2,3)25-16-17-38-30(21-25)24-12-14-31-28(20-24)37-29-22-27(40-19-18-39(23-40)26-8-5-4-6-9-26)13-15-32(29)42-34-11-7-10-33(41-31)35(34)37/h4-22H,23H2,1-3H3. The molecule has 4 heterocycles. The summed E-state index contributed by atoms with van der Waals surface area (Å²) in [5, 5.41) is 0. The van der Waals surface area contributed by atoms with Gasteiger partial charge in [-0.05, 0) is 94.2 Å². The monoisotopic (exact) mass is 547 g/mol. The zero-order valence-corrected chi connectivity index (χ0v) is 23.9. The third-order valence-corrected chi connectivity index (χ3v) is 8.45. The summed E-state index contributed by atoms with van der Waals surface area (Å²) in [6.07, 6.45) is 6.19. The van der Waals surface area contributed by atoms with Crippen molar-refractivity contribution in [3.8, 4) is 34.3 Å². The van der Waals surface area contributed by atoms with Gasteiger partial charge in [0, 0.05) is 35.4 Å². The zero-order valence-electron chi connectivity index (χ0n) is 23.9. The highest BCUT2D eigenvalue weighted by molar-refractivity contribution is 6.98. The normalized spacial score (nSPS) is 14.6. The number of nitrogens with zero attached hydrogens (tertiary/aromatic N) is 3. The second kappa shape index (κ2) is 9.28. The molecule has 1 aromatic heterocycles. The number of para-hydroxylation sites is 1. The molecular formula is C36H30BN3O2. The molecule has 204 valence electrons. The largest absolute Gasteiger partial charge is 0.458 e. The minimum atomic E-state index is -0.0220. The van der Waals surface area contributed by atoms with Crippen molar-refractivity contribution in [2.75, 3.05) is 16.5 Å². The van der Waals surface area contributed by atoms with Gasteiger partial charge in [0.1, 0.15) is 23.0 Å². The van der Waals surface area contributed by atoms with E-state index in [0.717, 1.165) is 63.0 Å². The maximum Gasteiger partial charge on any atom is 0.260 e. The van der Waals surface area contributed by atoms with E-state index in [2.05, 4.69) is 116 Å². The van der Waals surface area contributed by atoms with Crippen LogP contribution in [0.3, 0.4) is 0 Å². The second-order valence-corrected chi connectivity index (χ2v) is 12.2. The number of ether oxygens (including phenoxy) is 2. The lowest BCUT2D eigenvalue weighted by atomic mass is 9.34. The summed E-state index contributed by atoms with van der Waals surface area (Å²) in [7, 11) is 0. The third kappa shape index (κ3) is 4.06. The Balaban J connectivity index is 1.22. The molecule has 0 bridgehead atoms. The molecule has 0 amide bonds. The van der Waals surface area contributed by atoms with Gasteiger partial charge in [-0.3, -0.25) is 4.98 Å². The summed E-state index contributed by atoms with van der Waals surface area (Å²) in [5.74, 6) is 3.44. The summed E-state index contributed by atoms with van der Waals surface area (Å²) >= 11 is 0. The number of rotatable bonds is 3. The molecule has 0 saturated carbocycles. The van der Waals surface area contributed by atoms with Crippen molar-refractivity contribution in [3.05, 3.63) is 121 Å². The first-order chi connectivity index (χ1) is 20.4. The predicted octanol–water partition coefficient (Wildman–Crippen LogP) is 6.53. The van der Waals surface area contributed by atoms with E-state index >= 15 is 0 Å². The lowest BCUT2D eigenvalue weighted by Crippen LogP contribution is -2.57. The topological polar surface area (TPSA) is 37.8 Å². The van der Waals surface area contributed by atoms with Crippen LogP contribution in [-0.2, 0) is 5.41 Å². The molecular weight excluding hydrogens is 517 g/mol. The van der Waals surface area contributed by atoms with Gasteiger partial charge in [0.05, 0.1) is 12.4 Å². The number of hydrogen-bond donors (Lipinski definition) is 0. The SMILES string of the molecule is CC(C)(C)c1ccnc(-c2ccc3c(c2)B2c4cc(N5C=CN(c6ccccc6)C5)ccc4Oc4cccc(c42)O3)c1. The maximum absolute atomic E-state index is 6.48. The molecule has 0 aliphatic carbocycles. The van der Waals surface area contributed by atoms with Crippen LogP contribution in [0.5, 0.6) is 23.0 Å². The average Bonchev–Trinajstić information content (AvgIpc) is 3.51. The van der Waals surface area contributed by atoms with Gasteiger partial charge in [-0.1, -0.05) is 51.1 Å². The van der Waals surface area contributed by atoms with Gasteiger partial charge in [-0.15, -0.1) is 0 Å². The van der Waals surface area contributed by atoms with E-state index in [1.54, 1.807) is 0 Å². The van der Waals surface area contributed by atoms with Crippen LogP contribution in [0.2, 0.25) is 0 Å². The number of fused-ring (bicyclic) bond motifs is 4. The fourth-order valence-corrected chi connectivity index (χ4v) is 6.19. The smallest absolute Gasteiger partial charge is 0.260 e. The van der Waals surface area contributed by atoms with Gasteiger partial charge >= 0.3 is 0 Å². The Hall–Kier alpha value is -4.97.